The van der Waals surface area contributed by atoms with Gasteiger partial charge in [0.25, 0.3) is 0 Å². The normalized spacial score (nSPS) is 9.94. The van der Waals surface area contributed by atoms with E-state index in [4.69, 9.17) is 29.2 Å². The summed E-state index contributed by atoms with van der Waals surface area (Å²) in [6.45, 7) is 4.06. The maximum atomic E-state index is 5.57. The Hall–Kier alpha value is -2.71. The molecule has 4 heteroatoms. The van der Waals surface area contributed by atoms with Crippen molar-refractivity contribution in [3.8, 4) is 0 Å². The lowest BCUT2D eigenvalue weighted by Gasteiger charge is -2.08. The number of ether oxygens (including phenoxy) is 1. The van der Waals surface area contributed by atoms with Gasteiger partial charge in [0.2, 0.25) is 0 Å². The first-order chi connectivity index (χ1) is 15.5. The van der Waals surface area contributed by atoms with Gasteiger partial charge in [0.05, 0.1) is 0 Å². The summed E-state index contributed by atoms with van der Waals surface area (Å²) >= 11 is 10.5. The average Bonchev–Trinajstić information content (AvgIpc) is 2.82. The number of hydrogen-bond acceptors (Lipinski definition) is 3. The first-order valence-electron chi connectivity index (χ1n) is 10.3. The molecule has 0 aliphatic heterocycles. The molecule has 0 bridgehead atoms. The van der Waals surface area contributed by atoms with Crippen LogP contribution in [-0.4, -0.2) is 10.1 Å². The molecule has 0 heterocycles. The Morgan fingerprint density at radius 2 is 0.875 bits per heavy atom. The minimum Gasteiger partial charge on any atom is -0.433 e. The fourth-order valence-electron chi connectivity index (χ4n) is 2.79. The highest BCUT2D eigenvalue weighted by Crippen LogP contribution is 2.11. The van der Waals surface area contributed by atoms with Crippen molar-refractivity contribution < 1.29 is 4.74 Å². The van der Waals surface area contributed by atoms with Crippen LogP contribution in [0.5, 0.6) is 0 Å². The molecule has 0 N–H and O–H groups in total. The van der Waals surface area contributed by atoms with E-state index in [1.54, 1.807) is 0 Å². The Labute approximate surface area is 203 Å². The van der Waals surface area contributed by atoms with Crippen LogP contribution >= 0.6 is 33.0 Å². The van der Waals surface area contributed by atoms with Gasteiger partial charge in [-0.1, -0.05) is 129 Å². The zero-order chi connectivity index (χ0) is 22.8. The monoisotopic (exact) mass is 472 g/mol. The molecular formula is C28H25OPS2. The van der Waals surface area contributed by atoms with Crippen LogP contribution in [0.1, 0.15) is 22.3 Å². The molecular weight excluding hydrogens is 447 g/mol. The fourth-order valence-corrected chi connectivity index (χ4v) is 4.33. The lowest BCUT2D eigenvalue weighted by Crippen LogP contribution is -2.10. The van der Waals surface area contributed by atoms with Crippen molar-refractivity contribution >= 4 is 53.7 Å². The van der Waals surface area contributed by atoms with Crippen LogP contribution in [0.4, 0.5) is 0 Å². The SMILES string of the molecule is Cc1ccc(C(=S)OC(=S)c2ccc(C)cc2)cc1.c1ccc(Pc2ccccc2)cc1. The second kappa shape index (κ2) is 12.4. The van der Waals surface area contributed by atoms with Crippen LogP contribution in [0.25, 0.3) is 0 Å². The summed E-state index contributed by atoms with van der Waals surface area (Å²) in [5.74, 6) is 0. The molecule has 0 saturated heterocycles. The van der Waals surface area contributed by atoms with E-state index in [1.807, 2.05) is 62.4 Å². The van der Waals surface area contributed by atoms with Crippen molar-refractivity contribution in [2.75, 3.05) is 0 Å². The molecule has 0 saturated carbocycles. The zero-order valence-electron chi connectivity index (χ0n) is 18.1. The smallest absolute Gasteiger partial charge is 0.199 e. The summed E-state index contributed by atoms with van der Waals surface area (Å²) in [6.07, 6.45) is 0. The standard InChI is InChI=1S/C16H14OS2.C12H11P/c1-11-3-7-13(8-4-11)15(18)17-16(19)14-9-5-12(2)6-10-14;1-3-7-11(8-4-1)13-12-9-5-2-6-10-12/h3-10H,1-2H3;1-10,13H. The maximum Gasteiger partial charge on any atom is 0.199 e. The third-order valence-corrected chi connectivity index (χ3v) is 6.48. The van der Waals surface area contributed by atoms with Crippen molar-refractivity contribution in [1.29, 1.82) is 0 Å². The second-order valence-electron chi connectivity index (χ2n) is 7.27. The average molecular weight is 473 g/mol. The van der Waals surface area contributed by atoms with Crippen molar-refractivity contribution in [3.05, 3.63) is 131 Å². The molecule has 0 aliphatic carbocycles. The van der Waals surface area contributed by atoms with Gasteiger partial charge in [0.1, 0.15) is 0 Å². The molecule has 0 aromatic heterocycles. The van der Waals surface area contributed by atoms with Crippen LogP contribution in [0.2, 0.25) is 0 Å². The maximum absolute atomic E-state index is 5.57. The number of hydrogen-bond donors (Lipinski definition) is 0. The second-order valence-corrected chi connectivity index (χ2v) is 9.41. The summed E-state index contributed by atoms with van der Waals surface area (Å²) in [4.78, 5) is 0. The molecule has 0 amide bonds. The van der Waals surface area contributed by atoms with Crippen LogP contribution in [-0.2, 0) is 4.74 Å². The lowest BCUT2D eigenvalue weighted by molar-refractivity contribution is 0.578. The molecule has 1 nitrogen and oxygen atoms in total. The van der Waals surface area contributed by atoms with E-state index in [0.29, 0.717) is 10.1 Å². The molecule has 32 heavy (non-hydrogen) atoms. The van der Waals surface area contributed by atoms with Crippen LogP contribution in [0.15, 0.2) is 109 Å². The quantitative estimate of drug-likeness (QED) is 0.242. The van der Waals surface area contributed by atoms with Gasteiger partial charge in [-0.2, -0.15) is 0 Å². The van der Waals surface area contributed by atoms with Gasteiger partial charge in [-0.3, -0.25) is 0 Å². The van der Waals surface area contributed by atoms with E-state index in [9.17, 15) is 0 Å². The molecule has 0 atom stereocenters. The minimum absolute atomic E-state index is 0.408. The molecule has 0 unspecified atom stereocenters. The van der Waals surface area contributed by atoms with Gasteiger partial charge in [-0.25, -0.2) is 0 Å². The Balaban J connectivity index is 0.000000193. The number of aryl methyl sites for hydroxylation is 2. The van der Waals surface area contributed by atoms with Gasteiger partial charge in [-0.05, 0) is 48.9 Å². The van der Waals surface area contributed by atoms with E-state index in [-0.39, 0.29) is 0 Å². The Kier molecular flexibility index (Phi) is 9.25. The molecule has 0 aliphatic rings. The van der Waals surface area contributed by atoms with E-state index in [0.717, 1.165) is 19.7 Å². The minimum atomic E-state index is 0.408. The molecule has 4 aromatic carbocycles. The predicted molar refractivity (Wildman–Crippen MR) is 147 cm³/mol. The summed E-state index contributed by atoms with van der Waals surface area (Å²) in [7, 11) is 0.777. The van der Waals surface area contributed by atoms with Gasteiger partial charge in [0.15, 0.2) is 10.1 Å². The van der Waals surface area contributed by atoms with E-state index in [1.165, 1.54) is 21.7 Å². The highest BCUT2D eigenvalue weighted by molar-refractivity contribution is 7.81. The molecule has 0 radical (unpaired) electrons. The van der Waals surface area contributed by atoms with Gasteiger partial charge < -0.3 is 4.74 Å². The number of rotatable bonds is 4. The molecule has 4 rings (SSSR count). The fraction of sp³-hybridized carbons (Fsp3) is 0.0714. The summed E-state index contributed by atoms with van der Waals surface area (Å²) < 4.78 is 5.57. The third-order valence-electron chi connectivity index (χ3n) is 4.60. The number of thiocarbonyl (C=S) groups is 2. The van der Waals surface area contributed by atoms with Gasteiger partial charge >= 0.3 is 0 Å². The molecule has 0 spiro atoms. The molecule has 160 valence electrons. The summed E-state index contributed by atoms with van der Waals surface area (Å²) in [5, 5.41) is 3.61. The summed E-state index contributed by atoms with van der Waals surface area (Å²) in [6, 6.07) is 36.9. The molecule has 4 aromatic rings. The predicted octanol–water partition coefficient (Wildman–Crippen LogP) is 6.69. The Morgan fingerprint density at radius 1 is 0.531 bits per heavy atom. The zero-order valence-corrected chi connectivity index (χ0v) is 20.8. The van der Waals surface area contributed by atoms with Crippen LogP contribution in [0.3, 0.4) is 0 Å². The van der Waals surface area contributed by atoms with Crippen LogP contribution < -0.4 is 10.6 Å². The first-order valence-corrected chi connectivity index (χ1v) is 12.1. The van der Waals surface area contributed by atoms with E-state index in [2.05, 4.69) is 60.7 Å². The largest absolute Gasteiger partial charge is 0.433 e. The van der Waals surface area contributed by atoms with Crippen molar-refractivity contribution in [1.82, 2.24) is 0 Å². The van der Waals surface area contributed by atoms with E-state index < -0.39 is 0 Å². The summed E-state index contributed by atoms with van der Waals surface area (Å²) in [5.41, 5.74) is 4.12. The third kappa shape index (κ3) is 7.76. The highest BCUT2D eigenvalue weighted by atomic mass is 32.1. The topological polar surface area (TPSA) is 9.23 Å². The van der Waals surface area contributed by atoms with E-state index >= 15 is 0 Å². The van der Waals surface area contributed by atoms with Crippen molar-refractivity contribution in [2.24, 2.45) is 0 Å². The van der Waals surface area contributed by atoms with Crippen molar-refractivity contribution in [2.45, 2.75) is 13.8 Å². The molecule has 0 fully saturated rings. The van der Waals surface area contributed by atoms with Gasteiger partial charge in [-0.15, -0.1) is 0 Å². The van der Waals surface area contributed by atoms with Crippen molar-refractivity contribution in [3.63, 3.8) is 0 Å². The first kappa shape index (κ1) is 23.9. The Morgan fingerprint density at radius 3 is 1.22 bits per heavy atom. The van der Waals surface area contributed by atoms with Gasteiger partial charge in [0, 0.05) is 11.1 Å². The Bertz CT molecular complexity index is 1050. The number of benzene rings is 4. The highest BCUT2D eigenvalue weighted by Gasteiger charge is 2.08. The lowest BCUT2D eigenvalue weighted by atomic mass is 10.1. The van der Waals surface area contributed by atoms with Crippen LogP contribution in [0, 0.1) is 13.8 Å².